The molecule has 1 atom stereocenters. The maximum absolute atomic E-state index is 13.6. The summed E-state index contributed by atoms with van der Waals surface area (Å²) in [6, 6.07) is 14.6. The normalized spacial score (nSPS) is 16.8. The summed E-state index contributed by atoms with van der Waals surface area (Å²) in [6.45, 7) is 1.90. The van der Waals surface area contributed by atoms with Gasteiger partial charge in [-0.1, -0.05) is 18.2 Å². The van der Waals surface area contributed by atoms with Crippen molar-refractivity contribution in [1.82, 2.24) is 5.32 Å². The molecule has 8 nitrogen and oxygen atoms in total. The smallest absolute Gasteiger partial charge is 0.455 e. The SMILES string of the molecule is CNC(=O)c1c(-c2ccc(F)cc2)oc2cc(N(Cc3ccc4c(c3)C(C)OB4O)S(C)(=O)=O)c(C3CC3)cc12. The van der Waals surface area contributed by atoms with Crippen molar-refractivity contribution in [3.63, 3.8) is 0 Å². The zero-order valence-electron chi connectivity index (χ0n) is 22.3. The van der Waals surface area contributed by atoms with Crippen LogP contribution in [0, 0.1) is 5.82 Å². The number of hydrogen-bond donors (Lipinski definition) is 2. The zero-order valence-corrected chi connectivity index (χ0v) is 23.1. The summed E-state index contributed by atoms with van der Waals surface area (Å²) in [4.78, 5) is 13.0. The summed E-state index contributed by atoms with van der Waals surface area (Å²) >= 11 is 0. The van der Waals surface area contributed by atoms with Gasteiger partial charge in [0.2, 0.25) is 10.0 Å². The first-order valence-corrected chi connectivity index (χ1v) is 14.9. The number of amides is 1. The van der Waals surface area contributed by atoms with E-state index in [1.165, 1.54) is 29.7 Å². The third kappa shape index (κ3) is 4.68. The number of furan rings is 1. The van der Waals surface area contributed by atoms with E-state index in [0.717, 1.165) is 29.5 Å². The molecule has 0 saturated heterocycles. The molecule has 1 saturated carbocycles. The number of nitrogens with one attached hydrogen (secondary N) is 1. The minimum atomic E-state index is -3.74. The highest BCUT2D eigenvalue weighted by molar-refractivity contribution is 7.92. The summed E-state index contributed by atoms with van der Waals surface area (Å²) in [5.41, 5.74) is 4.75. The van der Waals surface area contributed by atoms with Gasteiger partial charge in [-0.05, 0) is 78.2 Å². The number of nitrogens with zero attached hydrogens (tertiary/aromatic N) is 1. The van der Waals surface area contributed by atoms with Crippen LogP contribution in [0.1, 0.15) is 58.8 Å². The van der Waals surface area contributed by atoms with Crippen LogP contribution in [0.25, 0.3) is 22.3 Å². The maximum Gasteiger partial charge on any atom is 0.491 e. The van der Waals surface area contributed by atoms with E-state index in [4.69, 9.17) is 9.07 Å². The molecule has 1 aromatic heterocycles. The molecule has 4 aromatic rings. The molecule has 2 heterocycles. The molecule has 1 aliphatic heterocycles. The van der Waals surface area contributed by atoms with Crippen LogP contribution < -0.4 is 15.1 Å². The Balaban J connectivity index is 1.51. The molecule has 11 heteroatoms. The molecule has 2 N–H and O–H groups in total. The van der Waals surface area contributed by atoms with E-state index < -0.39 is 23.0 Å². The lowest BCUT2D eigenvalue weighted by molar-refractivity contribution is 0.0964. The van der Waals surface area contributed by atoms with Crippen molar-refractivity contribution in [3.8, 4) is 11.3 Å². The number of anilines is 1. The average Bonchev–Trinajstić information content (AvgIpc) is 3.64. The van der Waals surface area contributed by atoms with Crippen LogP contribution in [0.2, 0.25) is 0 Å². The number of benzene rings is 3. The Hall–Kier alpha value is -3.67. The van der Waals surface area contributed by atoms with Crippen LogP contribution in [-0.4, -0.2) is 39.8 Å². The summed E-state index contributed by atoms with van der Waals surface area (Å²) in [7, 11) is -3.22. The molecule has 0 radical (unpaired) electrons. The second-order valence-corrected chi connectivity index (χ2v) is 12.3. The minimum Gasteiger partial charge on any atom is -0.455 e. The van der Waals surface area contributed by atoms with Gasteiger partial charge in [-0.2, -0.15) is 0 Å². The fourth-order valence-electron chi connectivity index (χ4n) is 5.43. The Labute approximate surface area is 231 Å². The molecule has 1 amide bonds. The largest absolute Gasteiger partial charge is 0.491 e. The first kappa shape index (κ1) is 26.6. The van der Waals surface area contributed by atoms with E-state index in [1.807, 2.05) is 19.1 Å². The molecule has 1 aliphatic carbocycles. The highest BCUT2D eigenvalue weighted by Crippen LogP contribution is 2.48. The number of sulfonamides is 1. The third-order valence-corrected chi connectivity index (χ3v) is 8.72. The van der Waals surface area contributed by atoms with Crippen molar-refractivity contribution in [3.05, 3.63) is 82.7 Å². The monoisotopic (exact) mass is 562 g/mol. The second kappa shape index (κ2) is 9.76. The second-order valence-electron chi connectivity index (χ2n) is 10.4. The number of carbonyl (C=O) groups is 1. The van der Waals surface area contributed by atoms with Crippen molar-refractivity contribution in [2.24, 2.45) is 0 Å². The van der Waals surface area contributed by atoms with Crippen LogP contribution in [-0.2, 0) is 21.2 Å². The van der Waals surface area contributed by atoms with Gasteiger partial charge in [0, 0.05) is 24.1 Å². The molecule has 1 fully saturated rings. The van der Waals surface area contributed by atoms with Crippen LogP contribution in [0.5, 0.6) is 0 Å². The van der Waals surface area contributed by atoms with Crippen LogP contribution >= 0.6 is 0 Å². The van der Waals surface area contributed by atoms with Crippen molar-refractivity contribution < 1.29 is 31.7 Å². The van der Waals surface area contributed by atoms with E-state index in [0.29, 0.717) is 33.2 Å². The first-order chi connectivity index (χ1) is 19.0. The number of fused-ring (bicyclic) bond motifs is 2. The van der Waals surface area contributed by atoms with Crippen LogP contribution in [0.3, 0.4) is 0 Å². The number of rotatable bonds is 7. The Morgan fingerprint density at radius 3 is 2.50 bits per heavy atom. The lowest BCUT2D eigenvalue weighted by Gasteiger charge is -2.25. The van der Waals surface area contributed by atoms with Crippen molar-refractivity contribution in [1.29, 1.82) is 0 Å². The maximum atomic E-state index is 13.6. The molecule has 40 heavy (non-hydrogen) atoms. The Bertz CT molecular complexity index is 1750. The Kier molecular flexibility index (Phi) is 6.48. The minimum absolute atomic E-state index is 0.0635. The Morgan fingerprint density at radius 2 is 1.85 bits per heavy atom. The van der Waals surface area contributed by atoms with Crippen molar-refractivity contribution in [2.45, 2.75) is 38.3 Å². The van der Waals surface area contributed by atoms with E-state index in [1.54, 1.807) is 30.3 Å². The van der Waals surface area contributed by atoms with Gasteiger partial charge in [-0.25, -0.2) is 12.8 Å². The highest BCUT2D eigenvalue weighted by Gasteiger charge is 2.35. The molecule has 2 aliphatic rings. The van der Waals surface area contributed by atoms with E-state index in [-0.39, 0.29) is 30.2 Å². The summed E-state index contributed by atoms with van der Waals surface area (Å²) in [5, 5.41) is 13.4. The van der Waals surface area contributed by atoms with Gasteiger partial charge in [0.05, 0.1) is 30.2 Å². The van der Waals surface area contributed by atoms with Gasteiger partial charge >= 0.3 is 7.12 Å². The lowest BCUT2D eigenvalue weighted by atomic mass is 9.79. The standard InChI is InChI=1S/C29H28BFN2O6S/c1-16-21-12-17(4-11-24(21)30(35)39-16)15-33(40(3,36)37)25-14-26-23(13-22(25)18-5-6-18)27(29(34)32-2)28(38-26)19-7-9-20(31)10-8-19/h4,7-14,16,18,35H,5-6,15H2,1-3H3,(H,32,34). The summed E-state index contributed by atoms with van der Waals surface area (Å²) < 4.78 is 53.1. The number of halogens is 1. The highest BCUT2D eigenvalue weighted by atomic mass is 32.2. The molecule has 0 spiro atoms. The van der Waals surface area contributed by atoms with Crippen molar-refractivity contribution in [2.75, 3.05) is 17.6 Å². The molecule has 3 aromatic carbocycles. The third-order valence-electron chi connectivity index (χ3n) is 7.60. The molecular formula is C29H28BFN2O6S. The van der Waals surface area contributed by atoms with Gasteiger partial charge < -0.3 is 19.4 Å². The number of carbonyl (C=O) groups excluding carboxylic acids is 1. The Morgan fingerprint density at radius 1 is 1.12 bits per heavy atom. The lowest BCUT2D eigenvalue weighted by Crippen LogP contribution is -2.31. The molecule has 1 unspecified atom stereocenters. The molecule has 206 valence electrons. The first-order valence-electron chi connectivity index (χ1n) is 13.1. The number of hydrogen-bond acceptors (Lipinski definition) is 6. The quantitative estimate of drug-likeness (QED) is 0.327. The fraction of sp³-hybridized carbons (Fsp3) is 0.276. The average molecular weight is 562 g/mol. The fourth-order valence-corrected chi connectivity index (χ4v) is 6.33. The van der Waals surface area contributed by atoms with Crippen LogP contribution in [0.15, 0.2) is 59.0 Å². The van der Waals surface area contributed by atoms with Crippen molar-refractivity contribution >= 4 is 45.2 Å². The predicted octanol–water partition coefficient (Wildman–Crippen LogP) is 4.22. The van der Waals surface area contributed by atoms with Gasteiger partial charge in [0.15, 0.2) is 0 Å². The van der Waals surface area contributed by atoms with Gasteiger partial charge in [0.1, 0.15) is 17.2 Å². The van der Waals surface area contributed by atoms with Gasteiger partial charge in [-0.15, -0.1) is 0 Å². The topological polar surface area (TPSA) is 109 Å². The molecule has 6 rings (SSSR count). The predicted molar refractivity (Wildman–Crippen MR) is 152 cm³/mol. The van der Waals surface area contributed by atoms with Crippen LogP contribution in [0.4, 0.5) is 10.1 Å². The van der Waals surface area contributed by atoms with Gasteiger partial charge in [-0.3, -0.25) is 9.10 Å². The molecule has 0 bridgehead atoms. The summed E-state index contributed by atoms with van der Waals surface area (Å²) in [6.07, 6.45) is 2.66. The van der Waals surface area contributed by atoms with Gasteiger partial charge in [0.25, 0.3) is 5.91 Å². The van der Waals surface area contributed by atoms with E-state index >= 15 is 0 Å². The summed E-state index contributed by atoms with van der Waals surface area (Å²) in [5.74, 6) is -0.339. The molecular weight excluding hydrogens is 534 g/mol. The van der Waals surface area contributed by atoms with E-state index in [9.17, 15) is 22.6 Å². The van der Waals surface area contributed by atoms with E-state index in [2.05, 4.69) is 5.32 Å². The zero-order chi connectivity index (χ0) is 28.3.